The molecule has 2 N–H and O–H groups in total. The molecule has 1 unspecified atom stereocenters. The van der Waals surface area contributed by atoms with Gasteiger partial charge in [-0.05, 0) is 25.5 Å². The first-order valence-electron chi connectivity index (χ1n) is 5.98. The maximum atomic E-state index is 11.0. The highest BCUT2D eigenvalue weighted by atomic mass is 16.6. The number of hydrogen-bond acceptors (Lipinski definition) is 6. The molecule has 0 saturated carbocycles. The van der Waals surface area contributed by atoms with E-state index in [1.807, 2.05) is 0 Å². The van der Waals surface area contributed by atoms with Gasteiger partial charge in [0.15, 0.2) is 0 Å². The molecule has 1 aromatic carbocycles. The van der Waals surface area contributed by atoms with Gasteiger partial charge >= 0.3 is 0 Å². The Morgan fingerprint density at radius 1 is 1.26 bits per heavy atom. The molecule has 0 aromatic heterocycles. The fourth-order valence-corrected chi connectivity index (χ4v) is 2.10. The minimum Gasteiger partial charge on any atom is -0.375 e. The van der Waals surface area contributed by atoms with Crippen LogP contribution in [0.1, 0.15) is 12.8 Å². The molecule has 2 rings (SSSR count). The quantitative estimate of drug-likeness (QED) is 0.633. The van der Waals surface area contributed by atoms with Crippen LogP contribution in [-0.2, 0) is 0 Å². The predicted molar refractivity (Wildman–Crippen MR) is 69.3 cm³/mol. The number of non-ortho nitro benzene ring substituents is 1. The minimum absolute atomic E-state index is 0.105. The average Bonchev–Trinajstić information content (AvgIpc) is 2.39. The predicted octanol–water partition coefficient (Wildman–Crippen LogP) is 1.67. The highest BCUT2D eigenvalue weighted by molar-refractivity contribution is 5.65. The van der Waals surface area contributed by atoms with Crippen molar-refractivity contribution in [2.75, 3.05) is 18.4 Å². The highest BCUT2D eigenvalue weighted by Crippen LogP contribution is 2.29. The Labute approximate surface area is 109 Å². The highest BCUT2D eigenvalue weighted by Gasteiger charge is 2.22. The number of rotatable bonds is 4. The molecule has 1 aromatic rings. The minimum atomic E-state index is -0.640. The van der Waals surface area contributed by atoms with E-state index >= 15 is 0 Å². The zero-order chi connectivity index (χ0) is 13.8. The maximum absolute atomic E-state index is 11.0. The van der Waals surface area contributed by atoms with E-state index in [2.05, 4.69) is 10.6 Å². The van der Waals surface area contributed by atoms with Gasteiger partial charge in [-0.3, -0.25) is 20.2 Å². The first kappa shape index (κ1) is 13.2. The monoisotopic (exact) mass is 266 g/mol. The van der Waals surface area contributed by atoms with Gasteiger partial charge < -0.3 is 10.6 Å². The summed E-state index contributed by atoms with van der Waals surface area (Å²) in [4.78, 5) is 20.3. The number of nitro groups is 2. The fourth-order valence-electron chi connectivity index (χ4n) is 2.10. The van der Waals surface area contributed by atoms with Crippen LogP contribution in [0.5, 0.6) is 0 Å². The Morgan fingerprint density at radius 2 is 2.05 bits per heavy atom. The van der Waals surface area contributed by atoms with Gasteiger partial charge in [-0.1, -0.05) is 0 Å². The van der Waals surface area contributed by atoms with Crippen LogP contribution in [0.15, 0.2) is 18.2 Å². The topological polar surface area (TPSA) is 110 Å². The van der Waals surface area contributed by atoms with Crippen LogP contribution >= 0.6 is 0 Å². The summed E-state index contributed by atoms with van der Waals surface area (Å²) in [7, 11) is 0. The van der Waals surface area contributed by atoms with E-state index in [1.165, 1.54) is 12.1 Å². The molecule has 1 aliphatic heterocycles. The Hall–Kier alpha value is -2.22. The van der Waals surface area contributed by atoms with Gasteiger partial charge in [0.25, 0.3) is 11.4 Å². The van der Waals surface area contributed by atoms with Gasteiger partial charge in [-0.25, -0.2) is 0 Å². The first-order valence-corrected chi connectivity index (χ1v) is 5.98. The Balaban J connectivity index is 2.23. The summed E-state index contributed by atoms with van der Waals surface area (Å²) in [6.45, 7) is 1.68. The second-order valence-electron chi connectivity index (χ2n) is 4.40. The second kappa shape index (κ2) is 5.61. The zero-order valence-corrected chi connectivity index (χ0v) is 10.2. The summed E-state index contributed by atoms with van der Waals surface area (Å²) in [5, 5.41) is 27.9. The van der Waals surface area contributed by atoms with Gasteiger partial charge in [0.2, 0.25) is 0 Å². The van der Waals surface area contributed by atoms with Gasteiger partial charge in [0, 0.05) is 18.7 Å². The number of nitrogens with one attached hydrogen (secondary N) is 2. The Bertz CT molecular complexity index is 499. The molecule has 1 atom stereocenters. The third kappa shape index (κ3) is 3.16. The molecule has 8 nitrogen and oxygen atoms in total. The zero-order valence-electron chi connectivity index (χ0n) is 10.2. The summed E-state index contributed by atoms with van der Waals surface area (Å²) >= 11 is 0. The molecule has 1 heterocycles. The largest absolute Gasteiger partial charge is 0.375 e. The fraction of sp³-hybridized carbons (Fsp3) is 0.455. The number of benzene rings is 1. The molecule has 0 spiro atoms. The van der Waals surface area contributed by atoms with Crippen LogP contribution in [0.3, 0.4) is 0 Å². The molecular formula is C11H14N4O4. The number of nitro benzene ring substituents is 2. The number of anilines is 1. The molecule has 0 aliphatic carbocycles. The van der Waals surface area contributed by atoms with Gasteiger partial charge in [-0.15, -0.1) is 0 Å². The van der Waals surface area contributed by atoms with Gasteiger partial charge in [0.05, 0.1) is 15.9 Å². The Kier molecular flexibility index (Phi) is 3.91. The third-order valence-electron chi connectivity index (χ3n) is 3.05. The van der Waals surface area contributed by atoms with Crippen LogP contribution in [0.4, 0.5) is 17.1 Å². The van der Waals surface area contributed by atoms with E-state index in [9.17, 15) is 20.2 Å². The summed E-state index contributed by atoms with van der Waals surface area (Å²) in [6.07, 6.45) is 1.92. The van der Waals surface area contributed by atoms with Crippen molar-refractivity contribution < 1.29 is 9.85 Å². The van der Waals surface area contributed by atoms with Crippen molar-refractivity contribution in [3.63, 3.8) is 0 Å². The molecule has 1 fully saturated rings. The SMILES string of the molecule is O=[N+]([O-])c1ccc(NC2CCCNC2)c([N+](=O)[O-])c1. The van der Waals surface area contributed by atoms with E-state index in [1.54, 1.807) is 0 Å². The van der Waals surface area contributed by atoms with Crippen LogP contribution in [0.25, 0.3) is 0 Å². The Morgan fingerprint density at radius 3 is 2.63 bits per heavy atom. The van der Waals surface area contributed by atoms with E-state index in [0.29, 0.717) is 5.69 Å². The van der Waals surface area contributed by atoms with E-state index < -0.39 is 9.85 Å². The maximum Gasteiger partial charge on any atom is 0.299 e. The van der Waals surface area contributed by atoms with E-state index in [0.717, 1.165) is 32.0 Å². The number of nitrogens with zero attached hydrogens (tertiary/aromatic N) is 2. The lowest BCUT2D eigenvalue weighted by molar-refractivity contribution is -0.393. The molecule has 0 bridgehead atoms. The number of piperidine rings is 1. The van der Waals surface area contributed by atoms with Crippen LogP contribution < -0.4 is 10.6 Å². The lowest BCUT2D eigenvalue weighted by Crippen LogP contribution is -2.38. The van der Waals surface area contributed by atoms with Gasteiger partial charge in [-0.2, -0.15) is 0 Å². The normalized spacial score (nSPS) is 18.8. The molecule has 1 aliphatic rings. The van der Waals surface area contributed by atoms with Crippen molar-refractivity contribution in [1.29, 1.82) is 0 Å². The van der Waals surface area contributed by atoms with Crippen LogP contribution in [0, 0.1) is 20.2 Å². The first-order chi connectivity index (χ1) is 9.08. The van der Waals surface area contributed by atoms with Crippen molar-refractivity contribution in [2.24, 2.45) is 0 Å². The number of hydrogen-bond donors (Lipinski definition) is 2. The standard InChI is InChI=1S/C11H14N4O4/c16-14(17)9-3-4-10(11(6-9)15(18)19)13-8-2-1-5-12-7-8/h3-4,6,8,12-13H,1-2,5,7H2. The van der Waals surface area contributed by atoms with Crippen molar-refractivity contribution in [3.05, 3.63) is 38.4 Å². The van der Waals surface area contributed by atoms with Crippen molar-refractivity contribution in [1.82, 2.24) is 5.32 Å². The van der Waals surface area contributed by atoms with Crippen LogP contribution in [0.2, 0.25) is 0 Å². The molecule has 0 amide bonds. The second-order valence-corrected chi connectivity index (χ2v) is 4.40. The molecule has 0 radical (unpaired) electrons. The summed E-state index contributed by atoms with van der Waals surface area (Å²) in [5.74, 6) is 0. The van der Waals surface area contributed by atoms with Crippen molar-refractivity contribution in [3.8, 4) is 0 Å². The van der Waals surface area contributed by atoms with Crippen molar-refractivity contribution >= 4 is 17.1 Å². The van der Waals surface area contributed by atoms with Crippen LogP contribution in [-0.4, -0.2) is 29.0 Å². The average molecular weight is 266 g/mol. The summed E-state index contributed by atoms with van der Waals surface area (Å²) in [6, 6.07) is 3.75. The third-order valence-corrected chi connectivity index (χ3v) is 3.05. The van der Waals surface area contributed by atoms with E-state index in [-0.39, 0.29) is 17.4 Å². The molecule has 1 saturated heterocycles. The summed E-state index contributed by atoms with van der Waals surface area (Å²) < 4.78 is 0. The molecular weight excluding hydrogens is 252 g/mol. The lowest BCUT2D eigenvalue weighted by Gasteiger charge is -2.24. The van der Waals surface area contributed by atoms with Gasteiger partial charge in [0.1, 0.15) is 5.69 Å². The summed E-state index contributed by atoms with van der Waals surface area (Å²) in [5.41, 5.74) is -0.219. The molecule has 19 heavy (non-hydrogen) atoms. The molecule has 102 valence electrons. The van der Waals surface area contributed by atoms with E-state index in [4.69, 9.17) is 0 Å². The smallest absolute Gasteiger partial charge is 0.299 e. The van der Waals surface area contributed by atoms with Crippen molar-refractivity contribution in [2.45, 2.75) is 18.9 Å². The molecule has 8 heteroatoms. The lowest BCUT2D eigenvalue weighted by atomic mass is 10.1.